The molecule has 0 spiro atoms. The first-order chi connectivity index (χ1) is 13.6. The van der Waals surface area contributed by atoms with Crippen molar-refractivity contribution >= 4 is 11.6 Å². The van der Waals surface area contributed by atoms with Crippen LogP contribution in [0.15, 0.2) is 53.5 Å². The largest absolute Gasteiger partial charge is 0.371 e. The summed E-state index contributed by atoms with van der Waals surface area (Å²) < 4.78 is 1.54. The topological polar surface area (TPSA) is 95.9 Å². The summed E-state index contributed by atoms with van der Waals surface area (Å²) in [6.45, 7) is 4.37. The molecule has 1 fully saturated rings. The SMILES string of the molecule is Cc1c(C(=O)NC[C@@H]2CCN(c3ccccc3)C2)cnn1-c1ccc(=O)[nH]n1. The lowest BCUT2D eigenvalue weighted by Gasteiger charge is -2.18. The molecule has 2 aromatic heterocycles. The second-order valence-electron chi connectivity index (χ2n) is 6.98. The molecule has 1 aliphatic heterocycles. The van der Waals surface area contributed by atoms with E-state index in [4.69, 9.17) is 0 Å². The van der Waals surface area contributed by atoms with E-state index in [-0.39, 0.29) is 11.5 Å². The van der Waals surface area contributed by atoms with Gasteiger partial charge in [-0.25, -0.2) is 9.78 Å². The zero-order valence-electron chi connectivity index (χ0n) is 15.6. The predicted octanol–water partition coefficient (Wildman–Crippen LogP) is 1.52. The molecule has 3 heterocycles. The number of aromatic nitrogens is 4. The normalized spacial score (nSPS) is 16.3. The van der Waals surface area contributed by atoms with E-state index in [1.165, 1.54) is 22.6 Å². The van der Waals surface area contributed by atoms with Gasteiger partial charge in [-0.1, -0.05) is 18.2 Å². The number of hydrogen-bond acceptors (Lipinski definition) is 5. The van der Waals surface area contributed by atoms with E-state index in [1.54, 1.807) is 13.0 Å². The summed E-state index contributed by atoms with van der Waals surface area (Å²) in [5.74, 6) is 0.733. The first kappa shape index (κ1) is 18.0. The standard InChI is InChI=1S/C20H22N6O2/c1-14-17(12-22-26(14)18-7-8-19(27)24-23-18)20(28)21-11-15-9-10-25(13-15)16-5-3-2-4-6-16/h2-8,12,15H,9-11,13H2,1H3,(H,21,28)(H,24,27)/t15-/m0/s1. The molecule has 1 aliphatic rings. The smallest absolute Gasteiger partial charge is 0.264 e. The number of aromatic amines is 1. The second kappa shape index (κ2) is 7.67. The van der Waals surface area contributed by atoms with Gasteiger partial charge in [0.25, 0.3) is 11.5 Å². The van der Waals surface area contributed by atoms with Gasteiger partial charge in [-0.15, -0.1) is 0 Å². The average Bonchev–Trinajstić information content (AvgIpc) is 3.34. The molecule has 0 bridgehead atoms. The van der Waals surface area contributed by atoms with Gasteiger partial charge in [0.05, 0.1) is 17.5 Å². The van der Waals surface area contributed by atoms with Crippen molar-refractivity contribution in [2.24, 2.45) is 5.92 Å². The van der Waals surface area contributed by atoms with Crippen molar-refractivity contribution in [3.05, 3.63) is 70.3 Å². The highest BCUT2D eigenvalue weighted by molar-refractivity contribution is 5.95. The van der Waals surface area contributed by atoms with E-state index in [2.05, 4.69) is 37.6 Å². The first-order valence-electron chi connectivity index (χ1n) is 9.31. The lowest BCUT2D eigenvalue weighted by molar-refractivity contribution is 0.0947. The Morgan fingerprint density at radius 3 is 2.82 bits per heavy atom. The molecule has 3 aromatic rings. The van der Waals surface area contributed by atoms with Crippen molar-refractivity contribution in [2.45, 2.75) is 13.3 Å². The summed E-state index contributed by atoms with van der Waals surface area (Å²) in [4.78, 5) is 26.1. The highest BCUT2D eigenvalue weighted by Gasteiger charge is 2.24. The van der Waals surface area contributed by atoms with Crippen molar-refractivity contribution in [3.8, 4) is 5.82 Å². The van der Waals surface area contributed by atoms with E-state index in [9.17, 15) is 9.59 Å². The van der Waals surface area contributed by atoms with Crippen LogP contribution in [0.25, 0.3) is 5.82 Å². The molecule has 28 heavy (non-hydrogen) atoms. The Morgan fingerprint density at radius 1 is 1.25 bits per heavy atom. The number of H-pyrrole nitrogens is 1. The lowest BCUT2D eigenvalue weighted by Crippen LogP contribution is -2.31. The van der Waals surface area contributed by atoms with Gasteiger partial charge in [-0.3, -0.25) is 9.59 Å². The van der Waals surface area contributed by atoms with Crippen molar-refractivity contribution in [1.82, 2.24) is 25.3 Å². The molecule has 0 aliphatic carbocycles. The molecule has 1 atom stereocenters. The van der Waals surface area contributed by atoms with Crippen LogP contribution in [0.2, 0.25) is 0 Å². The zero-order chi connectivity index (χ0) is 19.5. The fourth-order valence-corrected chi connectivity index (χ4v) is 3.52. The third-order valence-electron chi connectivity index (χ3n) is 5.09. The maximum absolute atomic E-state index is 12.6. The van der Waals surface area contributed by atoms with E-state index in [0.29, 0.717) is 29.5 Å². The van der Waals surface area contributed by atoms with Gasteiger partial charge < -0.3 is 10.2 Å². The molecule has 1 aromatic carbocycles. The number of nitrogens with zero attached hydrogens (tertiary/aromatic N) is 4. The number of carbonyl (C=O) groups excluding carboxylic acids is 1. The zero-order valence-corrected chi connectivity index (χ0v) is 15.6. The molecule has 0 radical (unpaired) electrons. The number of hydrogen-bond donors (Lipinski definition) is 2. The van der Waals surface area contributed by atoms with Crippen LogP contribution in [0.5, 0.6) is 0 Å². The van der Waals surface area contributed by atoms with Gasteiger partial charge in [0.15, 0.2) is 5.82 Å². The van der Waals surface area contributed by atoms with Crippen LogP contribution in [-0.4, -0.2) is 45.5 Å². The summed E-state index contributed by atoms with van der Waals surface area (Å²) in [6.07, 6.45) is 2.58. The Labute approximate surface area is 162 Å². The maximum atomic E-state index is 12.6. The Kier molecular flexibility index (Phi) is 4.92. The number of carbonyl (C=O) groups is 1. The summed E-state index contributed by atoms with van der Waals surface area (Å²) in [5, 5.41) is 13.6. The molecule has 1 saturated heterocycles. The number of para-hydroxylation sites is 1. The van der Waals surface area contributed by atoms with Gasteiger partial charge in [0, 0.05) is 31.4 Å². The van der Waals surface area contributed by atoms with Crippen molar-refractivity contribution in [1.29, 1.82) is 0 Å². The van der Waals surface area contributed by atoms with E-state index in [1.807, 2.05) is 18.2 Å². The van der Waals surface area contributed by atoms with Gasteiger partial charge >= 0.3 is 0 Å². The molecule has 1 amide bonds. The van der Waals surface area contributed by atoms with E-state index in [0.717, 1.165) is 19.5 Å². The van der Waals surface area contributed by atoms with E-state index < -0.39 is 0 Å². The van der Waals surface area contributed by atoms with E-state index >= 15 is 0 Å². The van der Waals surface area contributed by atoms with Crippen LogP contribution in [0.3, 0.4) is 0 Å². The number of rotatable bonds is 5. The highest BCUT2D eigenvalue weighted by Crippen LogP contribution is 2.23. The van der Waals surface area contributed by atoms with Crippen molar-refractivity contribution < 1.29 is 4.79 Å². The highest BCUT2D eigenvalue weighted by atomic mass is 16.1. The summed E-state index contributed by atoms with van der Waals surface area (Å²) in [6, 6.07) is 13.3. The van der Waals surface area contributed by atoms with Gasteiger partial charge in [-0.2, -0.15) is 10.2 Å². The number of amides is 1. The van der Waals surface area contributed by atoms with Gasteiger partial charge in [0.2, 0.25) is 0 Å². The van der Waals surface area contributed by atoms with Crippen LogP contribution < -0.4 is 15.8 Å². The second-order valence-corrected chi connectivity index (χ2v) is 6.98. The monoisotopic (exact) mass is 378 g/mol. The molecule has 0 unspecified atom stereocenters. The van der Waals surface area contributed by atoms with Gasteiger partial charge in [0.1, 0.15) is 0 Å². The average molecular weight is 378 g/mol. The van der Waals surface area contributed by atoms with Crippen LogP contribution in [-0.2, 0) is 0 Å². The third-order valence-corrected chi connectivity index (χ3v) is 5.09. The van der Waals surface area contributed by atoms with Crippen molar-refractivity contribution in [3.63, 3.8) is 0 Å². The molecule has 8 heteroatoms. The molecule has 2 N–H and O–H groups in total. The molecule has 144 valence electrons. The molecule has 0 saturated carbocycles. The number of benzene rings is 1. The maximum Gasteiger partial charge on any atom is 0.264 e. The van der Waals surface area contributed by atoms with Crippen LogP contribution >= 0.6 is 0 Å². The first-order valence-corrected chi connectivity index (χ1v) is 9.31. The van der Waals surface area contributed by atoms with Crippen LogP contribution in [0.4, 0.5) is 5.69 Å². The minimum absolute atomic E-state index is 0.147. The Hall–Kier alpha value is -3.42. The van der Waals surface area contributed by atoms with Gasteiger partial charge in [-0.05, 0) is 37.5 Å². The summed E-state index contributed by atoms with van der Waals surface area (Å²) in [7, 11) is 0. The molecular weight excluding hydrogens is 356 g/mol. The Morgan fingerprint density at radius 2 is 2.07 bits per heavy atom. The Balaban J connectivity index is 1.37. The lowest BCUT2D eigenvalue weighted by atomic mass is 10.1. The minimum atomic E-state index is -0.285. The fourth-order valence-electron chi connectivity index (χ4n) is 3.52. The summed E-state index contributed by atoms with van der Waals surface area (Å²) in [5.41, 5.74) is 2.12. The fraction of sp³-hybridized carbons (Fsp3) is 0.300. The molecular formula is C20H22N6O2. The predicted molar refractivity (Wildman–Crippen MR) is 106 cm³/mol. The van der Waals surface area contributed by atoms with Crippen LogP contribution in [0.1, 0.15) is 22.5 Å². The van der Waals surface area contributed by atoms with Crippen LogP contribution in [0, 0.1) is 12.8 Å². The summed E-state index contributed by atoms with van der Waals surface area (Å²) >= 11 is 0. The molecule has 4 rings (SSSR count). The van der Waals surface area contributed by atoms with Crippen molar-refractivity contribution in [2.75, 3.05) is 24.5 Å². The third kappa shape index (κ3) is 3.66. The quantitative estimate of drug-likeness (QED) is 0.702. The number of nitrogens with one attached hydrogen (secondary N) is 2. The minimum Gasteiger partial charge on any atom is -0.371 e. The molecule has 8 nitrogen and oxygen atoms in total. The Bertz CT molecular complexity index is 1010. The number of anilines is 1.